The second kappa shape index (κ2) is 7.99. The number of urea groups is 1. The number of amides is 2. The van der Waals surface area contributed by atoms with E-state index in [0.29, 0.717) is 0 Å². The van der Waals surface area contributed by atoms with Crippen molar-refractivity contribution in [1.82, 2.24) is 10.6 Å². The number of carbonyl (C=O) groups is 2. The molecule has 3 unspecified atom stereocenters. The van der Waals surface area contributed by atoms with Crippen LogP contribution in [-0.2, 0) is 4.79 Å². The molecule has 1 aliphatic carbocycles. The lowest BCUT2D eigenvalue weighted by atomic mass is 10.0. The summed E-state index contributed by atoms with van der Waals surface area (Å²) in [5.41, 5.74) is 0. The van der Waals surface area contributed by atoms with Gasteiger partial charge in [0.2, 0.25) is 0 Å². The van der Waals surface area contributed by atoms with Crippen LogP contribution in [-0.4, -0.2) is 40.9 Å². The Kier molecular flexibility index (Phi) is 6.62. The Morgan fingerprint density at radius 3 is 2.68 bits per heavy atom. The average Bonchev–Trinajstić information content (AvgIpc) is 2.54. The van der Waals surface area contributed by atoms with E-state index < -0.39 is 12.1 Å². The van der Waals surface area contributed by atoms with Gasteiger partial charge in [0, 0.05) is 19.0 Å². The molecule has 6 nitrogen and oxygen atoms in total. The van der Waals surface area contributed by atoms with Gasteiger partial charge in [-0.2, -0.15) is 0 Å². The Hall–Kier alpha value is -1.30. The van der Waals surface area contributed by atoms with Crippen molar-refractivity contribution in [1.29, 1.82) is 0 Å². The zero-order chi connectivity index (χ0) is 14.3. The molecule has 1 aliphatic rings. The highest BCUT2D eigenvalue weighted by Crippen LogP contribution is 2.22. The lowest BCUT2D eigenvalue weighted by Crippen LogP contribution is -2.43. The summed E-state index contributed by atoms with van der Waals surface area (Å²) in [6.45, 7) is 2.39. The second-order valence-electron chi connectivity index (χ2n) is 5.35. The summed E-state index contributed by atoms with van der Waals surface area (Å²) >= 11 is 0. The number of hydrogen-bond acceptors (Lipinski definition) is 3. The van der Waals surface area contributed by atoms with Gasteiger partial charge in [0.1, 0.15) is 0 Å². The first kappa shape index (κ1) is 15.8. The predicted molar refractivity (Wildman–Crippen MR) is 70.8 cm³/mol. The van der Waals surface area contributed by atoms with Crippen molar-refractivity contribution < 1.29 is 19.8 Å². The van der Waals surface area contributed by atoms with Gasteiger partial charge in [-0.3, -0.25) is 0 Å². The highest BCUT2D eigenvalue weighted by molar-refractivity contribution is 5.74. The molecule has 1 saturated carbocycles. The minimum Gasteiger partial charge on any atom is -0.479 e. The van der Waals surface area contributed by atoms with Gasteiger partial charge in [0.25, 0.3) is 0 Å². The molecular weight excluding hydrogens is 248 g/mol. The third-order valence-corrected chi connectivity index (χ3v) is 3.58. The molecule has 4 N–H and O–H groups in total. The van der Waals surface area contributed by atoms with Crippen molar-refractivity contribution in [2.75, 3.05) is 6.54 Å². The molecule has 3 atom stereocenters. The zero-order valence-corrected chi connectivity index (χ0v) is 11.4. The van der Waals surface area contributed by atoms with Gasteiger partial charge in [-0.1, -0.05) is 19.8 Å². The molecule has 0 radical (unpaired) electrons. The van der Waals surface area contributed by atoms with Crippen LogP contribution in [0.2, 0.25) is 0 Å². The van der Waals surface area contributed by atoms with Crippen molar-refractivity contribution in [2.24, 2.45) is 5.92 Å². The fraction of sp³-hybridized carbons (Fsp3) is 0.846. The molecule has 1 fully saturated rings. The van der Waals surface area contributed by atoms with E-state index in [-0.39, 0.29) is 25.0 Å². The zero-order valence-electron chi connectivity index (χ0n) is 11.4. The van der Waals surface area contributed by atoms with Crippen LogP contribution in [0.1, 0.15) is 45.4 Å². The molecule has 1 rings (SSSR count). The van der Waals surface area contributed by atoms with Crippen molar-refractivity contribution in [2.45, 2.75) is 57.6 Å². The summed E-state index contributed by atoms with van der Waals surface area (Å²) in [7, 11) is 0. The van der Waals surface area contributed by atoms with E-state index in [9.17, 15) is 9.59 Å². The molecule has 0 aliphatic heterocycles. The quantitative estimate of drug-likeness (QED) is 0.563. The van der Waals surface area contributed by atoms with Gasteiger partial charge in [0.15, 0.2) is 6.10 Å². The van der Waals surface area contributed by atoms with Gasteiger partial charge in [0.05, 0.1) is 0 Å². The third kappa shape index (κ3) is 6.42. The van der Waals surface area contributed by atoms with E-state index in [2.05, 4.69) is 17.6 Å². The van der Waals surface area contributed by atoms with E-state index in [1.54, 1.807) is 0 Å². The molecule has 6 heteroatoms. The van der Waals surface area contributed by atoms with Crippen LogP contribution in [0.5, 0.6) is 0 Å². The molecule has 0 aromatic carbocycles. The predicted octanol–water partition coefficient (Wildman–Crippen LogP) is 1.09. The fourth-order valence-corrected chi connectivity index (χ4v) is 2.31. The third-order valence-electron chi connectivity index (χ3n) is 3.58. The van der Waals surface area contributed by atoms with Gasteiger partial charge in [-0.15, -0.1) is 0 Å². The Morgan fingerprint density at radius 2 is 2.00 bits per heavy atom. The number of aliphatic hydroxyl groups is 1. The summed E-state index contributed by atoms with van der Waals surface area (Å²) < 4.78 is 0. The smallest absolute Gasteiger partial charge is 0.332 e. The Morgan fingerprint density at radius 1 is 1.26 bits per heavy atom. The van der Waals surface area contributed by atoms with E-state index >= 15 is 0 Å². The molecule has 0 bridgehead atoms. The Bertz CT molecular complexity index is 309. The first-order valence-electron chi connectivity index (χ1n) is 6.94. The van der Waals surface area contributed by atoms with Gasteiger partial charge >= 0.3 is 12.0 Å². The minimum atomic E-state index is -1.42. The number of rotatable bonds is 5. The maximum Gasteiger partial charge on any atom is 0.332 e. The molecule has 0 spiro atoms. The van der Waals surface area contributed by atoms with Crippen molar-refractivity contribution >= 4 is 12.0 Å². The summed E-state index contributed by atoms with van der Waals surface area (Å²) in [5, 5.41) is 23.0. The van der Waals surface area contributed by atoms with E-state index in [1.807, 2.05) is 0 Å². The van der Waals surface area contributed by atoms with Crippen LogP contribution < -0.4 is 10.6 Å². The SMILES string of the molecule is CC1CCCC(NC(=O)NCCC(O)C(=O)O)CC1. The summed E-state index contributed by atoms with van der Waals surface area (Å²) in [6, 6.07) is -0.0773. The summed E-state index contributed by atoms with van der Waals surface area (Å²) in [6.07, 6.45) is 4.06. The van der Waals surface area contributed by atoms with E-state index in [4.69, 9.17) is 10.2 Å². The highest BCUT2D eigenvalue weighted by atomic mass is 16.4. The maximum atomic E-state index is 11.6. The Labute approximate surface area is 113 Å². The first-order chi connectivity index (χ1) is 8.99. The van der Waals surface area contributed by atoms with Gasteiger partial charge in [-0.05, 0) is 25.2 Å². The van der Waals surface area contributed by atoms with E-state index in [0.717, 1.165) is 31.6 Å². The van der Waals surface area contributed by atoms with Crippen LogP contribution in [0, 0.1) is 5.92 Å². The molecule has 0 saturated heterocycles. The van der Waals surface area contributed by atoms with Gasteiger partial charge < -0.3 is 20.8 Å². The van der Waals surface area contributed by atoms with Crippen molar-refractivity contribution in [3.05, 3.63) is 0 Å². The number of aliphatic carboxylic acids is 1. The van der Waals surface area contributed by atoms with Crippen LogP contribution in [0.4, 0.5) is 4.79 Å². The number of hydrogen-bond donors (Lipinski definition) is 4. The Balaban J connectivity index is 2.18. The average molecular weight is 272 g/mol. The molecule has 110 valence electrons. The number of carbonyl (C=O) groups excluding carboxylic acids is 1. The largest absolute Gasteiger partial charge is 0.479 e. The van der Waals surface area contributed by atoms with Gasteiger partial charge in [-0.25, -0.2) is 9.59 Å². The molecule has 2 amide bonds. The first-order valence-corrected chi connectivity index (χ1v) is 6.94. The van der Waals surface area contributed by atoms with Crippen LogP contribution in [0.3, 0.4) is 0 Å². The fourth-order valence-electron chi connectivity index (χ4n) is 2.31. The minimum absolute atomic E-state index is 0.0183. The number of aliphatic hydroxyl groups excluding tert-OH is 1. The lowest BCUT2D eigenvalue weighted by Gasteiger charge is -2.17. The lowest BCUT2D eigenvalue weighted by molar-refractivity contribution is -0.146. The van der Waals surface area contributed by atoms with Crippen molar-refractivity contribution in [3.63, 3.8) is 0 Å². The monoisotopic (exact) mass is 272 g/mol. The molecule has 0 heterocycles. The second-order valence-corrected chi connectivity index (χ2v) is 5.35. The standard InChI is InChI=1S/C13H24N2O4/c1-9-3-2-4-10(6-5-9)15-13(19)14-8-7-11(16)12(17)18/h9-11,16H,2-8H2,1H3,(H,17,18)(H2,14,15,19). The van der Waals surface area contributed by atoms with Crippen LogP contribution in [0.15, 0.2) is 0 Å². The van der Waals surface area contributed by atoms with Crippen molar-refractivity contribution in [3.8, 4) is 0 Å². The maximum absolute atomic E-state index is 11.6. The number of carboxylic acids is 1. The highest BCUT2D eigenvalue weighted by Gasteiger charge is 2.18. The number of carboxylic acid groups (broad SMARTS) is 1. The molecule has 0 aromatic heterocycles. The van der Waals surface area contributed by atoms with E-state index in [1.165, 1.54) is 6.42 Å². The van der Waals surface area contributed by atoms with Crippen LogP contribution in [0.25, 0.3) is 0 Å². The molecular formula is C13H24N2O4. The normalized spacial score (nSPS) is 25.2. The topological polar surface area (TPSA) is 98.7 Å². The van der Waals surface area contributed by atoms with Crippen LogP contribution >= 0.6 is 0 Å². The number of nitrogens with one attached hydrogen (secondary N) is 2. The molecule has 19 heavy (non-hydrogen) atoms. The summed E-state index contributed by atoms with van der Waals surface area (Å²) in [4.78, 5) is 22.0. The molecule has 0 aromatic rings. The summed E-state index contributed by atoms with van der Waals surface area (Å²) in [5.74, 6) is -0.541.